The zero-order valence-corrected chi connectivity index (χ0v) is 9.00. The minimum atomic E-state index is 0.286. The lowest BCUT2D eigenvalue weighted by atomic mass is 9.86. The van der Waals surface area contributed by atoms with E-state index in [0.717, 1.165) is 12.8 Å². The number of ether oxygens (including phenoxy) is 1. The van der Waals surface area contributed by atoms with E-state index in [-0.39, 0.29) is 5.92 Å². The third kappa shape index (κ3) is 4.05. The van der Waals surface area contributed by atoms with Crippen molar-refractivity contribution in [1.29, 1.82) is 0 Å². The molecular weight excluding hydrogens is 176 g/mol. The highest BCUT2D eigenvalue weighted by molar-refractivity contribution is 5.82. The van der Waals surface area contributed by atoms with E-state index in [1.54, 1.807) is 0 Å². The van der Waals surface area contributed by atoms with Crippen molar-refractivity contribution in [3.8, 4) is 0 Å². The Bertz CT molecular complexity index is 190. The van der Waals surface area contributed by atoms with E-state index in [1.807, 2.05) is 19.1 Å². The second kappa shape index (κ2) is 6.77. The van der Waals surface area contributed by atoms with E-state index in [9.17, 15) is 4.79 Å². The van der Waals surface area contributed by atoms with Crippen molar-refractivity contribution in [1.82, 2.24) is 0 Å². The number of rotatable bonds is 5. The molecule has 1 saturated carbocycles. The zero-order valence-electron chi connectivity index (χ0n) is 9.00. The molecule has 80 valence electrons. The molecule has 0 saturated heterocycles. The molecule has 1 fully saturated rings. The summed E-state index contributed by atoms with van der Waals surface area (Å²) in [6.45, 7) is 2.82. The molecule has 1 aliphatic rings. The molecule has 0 aromatic heterocycles. The Balaban J connectivity index is 2.13. The fourth-order valence-corrected chi connectivity index (χ4v) is 1.87. The molecule has 14 heavy (non-hydrogen) atoms. The first-order valence-corrected chi connectivity index (χ1v) is 5.56. The monoisotopic (exact) mass is 196 g/mol. The molecule has 1 aliphatic carbocycles. The van der Waals surface area contributed by atoms with Gasteiger partial charge < -0.3 is 4.74 Å². The summed E-state index contributed by atoms with van der Waals surface area (Å²) in [4.78, 5) is 11.6. The van der Waals surface area contributed by atoms with E-state index in [1.165, 1.54) is 19.3 Å². The van der Waals surface area contributed by atoms with Crippen molar-refractivity contribution >= 4 is 5.78 Å². The second-order valence-electron chi connectivity index (χ2n) is 3.89. The highest BCUT2D eigenvalue weighted by Crippen LogP contribution is 2.24. The summed E-state index contributed by atoms with van der Waals surface area (Å²) >= 11 is 0. The van der Waals surface area contributed by atoms with Crippen LogP contribution in [0.2, 0.25) is 0 Å². The number of hydrogen-bond donors (Lipinski definition) is 0. The van der Waals surface area contributed by atoms with Gasteiger partial charge in [0.05, 0.1) is 6.61 Å². The minimum Gasteiger partial charge on any atom is -0.370 e. The van der Waals surface area contributed by atoms with E-state index in [0.29, 0.717) is 19.0 Å². The highest BCUT2D eigenvalue weighted by Gasteiger charge is 2.20. The maximum atomic E-state index is 11.6. The van der Waals surface area contributed by atoms with Crippen molar-refractivity contribution in [3.63, 3.8) is 0 Å². The third-order valence-corrected chi connectivity index (χ3v) is 2.75. The van der Waals surface area contributed by atoms with Crippen LogP contribution in [0.15, 0.2) is 12.2 Å². The third-order valence-electron chi connectivity index (χ3n) is 2.75. The maximum absolute atomic E-state index is 11.6. The predicted octanol–water partition coefficient (Wildman–Crippen LogP) is 2.73. The van der Waals surface area contributed by atoms with Gasteiger partial charge in [-0.05, 0) is 19.8 Å². The van der Waals surface area contributed by atoms with Crippen LogP contribution < -0.4 is 0 Å². The molecule has 0 N–H and O–H groups in total. The van der Waals surface area contributed by atoms with Gasteiger partial charge in [-0.3, -0.25) is 4.79 Å². The van der Waals surface area contributed by atoms with Crippen LogP contribution in [0.1, 0.15) is 39.0 Å². The zero-order chi connectivity index (χ0) is 10.2. The largest absolute Gasteiger partial charge is 0.370 e. The molecule has 0 amide bonds. The topological polar surface area (TPSA) is 26.3 Å². The maximum Gasteiger partial charge on any atom is 0.161 e. The number of allylic oxidation sites excluding steroid dienone is 1. The van der Waals surface area contributed by atoms with E-state index < -0.39 is 0 Å². The van der Waals surface area contributed by atoms with Gasteiger partial charge in [0.15, 0.2) is 5.78 Å². The SMILES string of the molecule is C/C=C/COCC(=O)C1CCCCC1. The van der Waals surface area contributed by atoms with Gasteiger partial charge in [0.25, 0.3) is 0 Å². The Labute approximate surface area is 86.3 Å². The van der Waals surface area contributed by atoms with Crippen LogP contribution in [0, 0.1) is 5.92 Å². The van der Waals surface area contributed by atoms with Crippen LogP contribution in [0.25, 0.3) is 0 Å². The second-order valence-corrected chi connectivity index (χ2v) is 3.89. The number of hydrogen-bond acceptors (Lipinski definition) is 2. The van der Waals surface area contributed by atoms with Crippen molar-refractivity contribution in [3.05, 3.63) is 12.2 Å². The summed E-state index contributed by atoms with van der Waals surface area (Å²) in [5.41, 5.74) is 0. The average molecular weight is 196 g/mol. The van der Waals surface area contributed by atoms with Gasteiger partial charge in [0.2, 0.25) is 0 Å². The minimum absolute atomic E-state index is 0.286. The molecule has 2 nitrogen and oxygen atoms in total. The first kappa shape index (κ1) is 11.4. The fourth-order valence-electron chi connectivity index (χ4n) is 1.87. The fraction of sp³-hybridized carbons (Fsp3) is 0.750. The van der Waals surface area contributed by atoms with Crippen LogP contribution in [-0.2, 0) is 9.53 Å². The van der Waals surface area contributed by atoms with E-state index in [2.05, 4.69) is 0 Å². The Morgan fingerprint density at radius 3 is 2.71 bits per heavy atom. The van der Waals surface area contributed by atoms with Crippen molar-refractivity contribution < 1.29 is 9.53 Å². The average Bonchev–Trinajstić information content (AvgIpc) is 2.25. The number of Topliss-reactive ketones (excluding diaryl/α,β-unsaturated/α-hetero) is 1. The van der Waals surface area contributed by atoms with Crippen molar-refractivity contribution in [2.45, 2.75) is 39.0 Å². The normalized spacial score (nSPS) is 18.9. The molecule has 0 aromatic rings. The molecule has 2 heteroatoms. The molecule has 1 rings (SSSR count). The molecule has 0 unspecified atom stereocenters. The van der Waals surface area contributed by atoms with Crippen LogP contribution in [0.3, 0.4) is 0 Å². The summed E-state index contributed by atoms with van der Waals surface area (Å²) in [6, 6.07) is 0. The van der Waals surface area contributed by atoms with Gasteiger partial charge in [-0.2, -0.15) is 0 Å². The lowest BCUT2D eigenvalue weighted by Crippen LogP contribution is -2.22. The Morgan fingerprint density at radius 1 is 1.36 bits per heavy atom. The molecule has 0 radical (unpaired) electrons. The summed E-state index contributed by atoms with van der Waals surface area (Å²) < 4.78 is 5.25. The first-order chi connectivity index (χ1) is 6.84. The molecule has 0 bridgehead atoms. The van der Waals surface area contributed by atoms with Crippen LogP contribution in [0.5, 0.6) is 0 Å². The number of ketones is 1. The van der Waals surface area contributed by atoms with Crippen molar-refractivity contribution in [2.24, 2.45) is 5.92 Å². The molecule has 0 aromatic carbocycles. The van der Waals surface area contributed by atoms with Crippen LogP contribution in [-0.4, -0.2) is 19.0 Å². The van der Waals surface area contributed by atoms with Gasteiger partial charge in [0.1, 0.15) is 6.61 Å². The predicted molar refractivity (Wildman–Crippen MR) is 57.2 cm³/mol. The summed E-state index contributed by atoms with van der Waals surface area (Å²) in [5.74, 6) is 0.587. The quantitative estimate of drug-likeness (QED) is 0.499. The summed E-state index contributed by atoms with van der Waals surface area (Å²) in [5, 5.41) is 0. The molecule has 0 aliphatic heterocycles. The Hall–Kier alpha value is -0.630. The lowest BCUT2D eigenvalue weighted by Gasteiger charge is -2.19. The van der Waals surface area contributed by atoms with Gasteiger partial charge >= 0.3 is 0 Å². The lowest BCUT2D eigenvalue weighted by molar-refractivity contribution is -0.128. The highest BCUT2D eigenvalue weighted by atomic mass is 16.5. The van der Waals surface area contributed by atoms with Gasteiger partial charge in [0, 0.05) is 5.92 Å². The summed E-state index contributed by atoms with van der Waals surface area (Å²) in [6.07, 6.45) is 9.73. The van der Waals surface area contributed by atoms with Gasteiger partial charge in [-0.1, -0.05) is 31.4 Å². The Kier molecular flexibility index (Phi) is 5.53. The van der Waals surface area contributed by atoms with E-state index >= 15 is 0 Å². The van der Waals surface area contributed by atoms with Gasteiger partial charge in [-0.25, -0.2) is 0 Å². The number of carbonyl (C=O) groups excluding carboxylic acids is 1. The molecule has 0 atom stereocenters. The van der Waals surface area contributed by atoms with E-state index in [4.69, 9.17) is 4.74 Å². The number of carbonyl (C=O) groups is 1. The van der Waals surface area contributed by atoms with Crippen LogP contribution in [0.4, 0.5) is 0 Å². The van der Waals surface area contributed by atoms with Gasteiger partial charge in [-0.15, -0.1) is 0 Å². The molecule has 0 spiro atoms. The van der Waals surface area contributed by atoms with Crippen LogP contribution >= 0.6 is 0 Å². The molecule has 0 heterocycles. The standard InChI is InChI=1S/C12H20O2/c1-2-3-9-14-10-12(13)11-7-5-4-6-8-11/h2-3,11H,4-10H2,1H3/b3-2+. The van der Waals surface area contributed by atoms with Crippen molar-refractivity contribution in [2.75, 3.05) is 13.2 Å². The Morgan fingerprint density at radius 2 is 2.07 bits per heavy atom. The summed E-state index contributed by atoms with van der Waals surface area (Å²) in [7, 11) is 0. The smallest absolute Gasteiger partial charge is 0.161 e. The first-order valence-electron chi connectivity index (χ1n) is 5.56. The molecular formula is C12H20O2.